The molecule has 0 saturated carbocycles. The number of carbonyl (C=O) groups is 14. The highest BCUT2D eigenvalue weighted by atomic mass is 16.4. The number of nitrogens with one attached hydrogen (secondary N) is 10. The molecule has 498 valence electrons. The number of aldehydes is 1. The van der Waals surface area contributed by atoms with E-state index in [1.807, 2.05) is 27.7 Å². The summed E-state index contributed by atoms with van der Waals surface area (Å²) >= 11 is 0. The van der Waals surface area contributed by atoms with Crippen LogP contribution in [-0.2, 0) is 67.1 Å². The molecule has 0 bridgehead atoms. The molecule has 4 unspecified atom stereocenters. The Balaban J connectivity index is 5.76. The Kier molecular flexibility index (Phi) is 38.8. The van der Waals surface area contributed by atoms with Crippen LogP contribution in [0.5, 0.6) is 0 Å². The molecule has 0 aromatic carbocycles. The van der Waals surface area contributed by atoms with Crippen molar-refractivity contribution in [2.45, 2.75) is 230 Å². The van der Waals surface area contributed by atoms with Gasteiger partial charge in [0.2, 0.25) is 47.3 Å². The van der Waals surface area contributed by atoms with Gasteiger partial charge in [0.1, 0.15) is 48.6 Å². The Hall–Kier alpha value is -8.10. The van der Waals surface area contributed by atoms with Crippen molar-refractivity contribution in [2.24, 2.45) is 16.3 Å². The van der Waals surface area contributed by atoms with Gasteiger partial charge in [0, 0.05) is 76.0 Å². The van der Waals surface area contributed by atoms with Crippen molar-refractivity contribution in [3.63, 3.8) is 0 Å². The van der Waals surface area contributed by atoms with Gasteiger partial charge in [-0.25, -0.2) is 0 Å². The second-order valence-corrected chi connectivity index (χ2v) is 22.6. The van der Waals surface area contributed by atoms with Crippen molar-refractivity contribution >= 4 is 83.4 Å². The van der Waals surface area contributed by atoms with Gasteiger partial charge >= 0.3 is 29.8 Å². The fourth-order valence-corrected chi connectivity index (χ4v) is 8.40. The molecule has 0 aliphatic rings. The number of nitroso groups, excluding NO2 is 2. The van der Waals surface area contributed by atoms with Gasteiger partial charge in [-0.05, 0) is 138 Å². The topological polar surface area (TPSA) is 519 Å². The van der Waals surface area contributed by atoms with Crippen LogP contribution < -0.4 is 53.2 Å². The molecule has 0 spiro atoms. The highest BCUT2D eigenvalue weighted by molar-refractivity contribution is 5.97. The number of carboxylic acids is 5. The third kappa shape index (κ3) is 36.1. The summed E-state index contributed by atoms with van der Waals surface area (Å²) < 4.78 is 0. The van der Waals surface area contributed by atoms with Crippen LogP contribution in [0.1, 0.15) is 170 Å². The molecular formula is C55H92N12O21. The molecule has 88 heavy (non-hydrogen) atoms. The van der Waals surface area contributed by atoms with Gasteiger partial charge in [0.15, 0.2) is 0 Å². The van der Waals surface area contributed by atoms with Crippen LogP contribution in [0.3, 0.4) is 0 Å². The Morgan fingerprint density at radius 2 is 0.739 bits per heavy atom. The van der Waals surface area contributed by atoms with Crippen molar-refractivity contribution in [1.82, 2.24) is 53.2 Å². The van der Waals surface area contributed by atoms with Crippen molar-refractivity contribution in [1.29, 1.82) is 0 Å². The second-order valence-electron chi connectivity index (χ2n) is 22.6. The summed E-state index contributed by atoms with van der Waals surface area (Å²) in [6, 6.07) is -10.5. The molecule has 0 rings (SSSR count). The molecule has 0 radical (unpaired) electrons. The largest absolute Gasteiger partial charge is 0.481 e. The fraction of sp³-hybridized carbons (Fsp3) is 0.745. The zero-order valence-corrected chi connectivity index (χ0v) is 51.2. The molecule has 0 heterocycles. The molecule has 0 aliphatic heterocycles. The Morgan fingerprint density at radius 1 is 0.398 bits per heavy atom. The van der Waals surface area contributed by atoms with E-state index < -0.39 is 195 Å². The molecule has 15 N–H and O–H groups in total. The summed E-state index contributed by atoms with van der Waals surface area (Å²) in [5, 5.41) is 78.8. The molecule has 0 aliphatic carbocycles. The summed E-state index contributed by atoms with van der Waals surface area (Å²) in [7, 11) is 0. The van der Waals surface area contributed by atoms with E-state index in [9.17, 15) is 97.4 Å². The SMILES string of the molecule is CC(=O)N[C@@H](CCC(=O)O)C(=O)NC(CCC(=O)O)C(=O)N[C@@H](CCC(=O)O)C(=O)NC(CCC(=O)O)C(=O)N[C@@H](CCC(=O)O)C(=O)NCCCC[C@@H](C=O)NC(=O)CCCC(=O)NCCC(CCNC(C)(C)C(C)N=O)CCNC(C)(C)C(C)N=O. The van der Waals surface area contributed by atoms with Crippen LogP contribution in [0.2, 0.25) is 0 Å². The lowest BCUT2D eigenvalue weighted by Crippen LogP contribution is -2.59. The zero-order chi connectivity index (χ0) is 67.2. The van der Waals surface area contributed by atoms with Gasteiger partial charge in [0.25, 0.3) is 0 Å². The number of hydrogen-bond acceptors (Lipinski definition) is 20. The average Bonchev–Trinajstić information content (AvgIpc) is 3.54. The standard InChI is InChI=1S/C55H92N12O21/c1-32(66-87)54(4,5)58-29-25-35(26-30-59-55(6,7)33(2)67-88)24-28-56-42(70)12-10-13-43(71)61-36(31-68)11-8-9-27-57-49(82)37(14-19-44(72)73)62-51(84)39(16-21-46(76)77)64-53(86)41(18-23-48(80)81)65-52(85)40(17-22-47(78)79)63-50(83)38(60-34(3)69)15-20-45(74)75/h31-33,35-41,58-59H,8-30H2,1-7H3,(H,56,70)(H,57,82)(H,60,69)(H,61,71)(H,62,84)(H,63,83)(H,64,86)(H,65,85)(H,72,73)(H,74,75)(H,76,77)(H,78,79)(H,80,81)/t32?,33?,35?,36-,37-,38-,39?,40?,41-/m0/s1. The van der Waals surface area contributed by atoms with Crippen LogP contribution in [0.15, 0.2) is 10.4 Å². The van der Waals surface area contributed by atoms with Gasteiger partial charge in [-0.1, -0.05) is 10.4 Å². The molecule has 33 heteroatoms. The summed E-state index contributed by atoms with van der Waals surface area (Å²) in [5.74, 6) is -14.4. The maximum absolute atomic E-state index is 13.8. The Bertz CT molecular complexity index is 2340. The number of unbranched alkanes of at least 4 members (excludes halogenated alkanes) is 1. The average molecular weight is 1260 g/mol. The Labute approximate surface area is 510 Å². The van der Waals surface area contributed by atoms with Gasteiger partial charge in [-0.2, -0.15) is 9.81 Å². The molecule has 0 saturated heterocycles. The molecule has 8 amide bonds. The summed E-state index contributed by atoms with van der Waals surface area (Å²) in [6.45, 7) is 13.4. The zero-order valence-electron chi connectivity index (χ0n) is 51.2. The number of hydrogen-bond donors (Lipinski definition) is 15. The predicted molar refractivity (Wildman–Crippen MR) is 313 cm³/mol. The highest BCUT2D eigenvalue weighted by Gasteiger charge is 2.34. The van der Waals surface area contributed by atoms with Gasteiger partial charge in [0.05, 0.1) is 6.04 Å². The van der Waals surface area contributed by atoms with Crippen molar-refractivity contribution in [3.8, 4) is 0 Å². The minimum atomic E-state index is -1.88. The van der Waals surface area contributed by atoms with E-state index >= 15 is 0 Å². The monoisotopic (exact) mass is 1260 g/mol. The molecule has 8 atom stereocenters. The lowest BCUT2D eigenvalue weighted by atomic mass is 9.92. The van der Waals surface area contributed by atoms with E-state index in [4.69, 9.17) is 5.11 Å². The van der Waals surface area contributed by atoms with Crippen molar-refractivity contribution in [3.05, 3.63) is 9.81 Å². The number of carbonyl (C=O) groups excluding carboxylic acids is 9. The van der Waals surface area contributed by atoms with E-state index in [0.717, 1.165) is 19.8 Å². The van der Waals surface area contributed by atoms with Crippen LogP contribution in [-0.4, -0.2) is 195 Å². The first-order valence-corrected chi connectivity index (χ1v) is 29.2. The third-order valence-electron chi connectivity index (χ3n) is 14.6. The molecule has 0 aromatic rings. The predicted octanol–water partition coefficient (Wildman–Crippen LogP) is -0.156. The van der Waals surface area contributed by atoms with Crippen LogP contribution in [0, 0.1) is 15.7 Å². The molecular weight excluding hydrogens is 1160 g/mol. The van der Waals surface area contributed by atoms with Crippen molar-refractivity contribution in [2.75, 3.05) is 26.2 Å². The third-order valence-corrected chi connectivity index (χ3v) is 14.6. The first-order chi connectivity index (χ1) is 41.2. The van der Waals surface area contributed by atoms with Gasteiger partial charge in [-0.15, -0.1) is 0 Å². The molecule has 33 nitrogen and oxygen atoms in total. The maximum Gasteiger partial charge on any atom is 0.303 e. The van der Waals surface area contributed by atoms with E-state index in [1.54, 1.807) is 13.8 Å². The van der Waals surface area contributed by atoms with E-state index in [2.05, 4.69) is 63.5 Å². The first kappa shape index (κ1) is 79.9. The Morgan fingerprint density at radius 3 is 1.08 bits per heavy atom. The first-order valence-electron chi connectivity index (χ1n) is 29.2. The number of nitrogens with zero attached hydrogens (tertiary/aromatic N) is 2. The lowest BCUT2D eigenvalue weighted by Gasteiger charge is -2.31. The van der Waals surface area contributed by atoms with Crippen LogP contribution >= 0.6 is 0 Å². The smallest absolute Gasteiger partial charge is 0.303 e. The van der Waals surface area contributed by atoms with Gasteiger partial charge in [-0.3, -0.25) is 62.3 Å². The summed E-state index contributed by atoms with van der Waals surface area (Å²) in [6.07, 6.45) is -3.37. The van der Waals surface area contributed by atoms with Gasteiger partial charge < -0.3 is 83.5 Å². The molecule has 0 aromatic heterocycles. The number of aliphatic carboxylic acids is 5. The normalized spacial score (nSPS) is 14.4. The highest BCUT2D eigenvalue weighted by Crippen LogP contribution is 2.19. The fourth-order valence-electron chi connectivity index (χ4n) is 8.40. The second kappa shape index (κ2) is 42.7. The van der Waals surface area contributed by atoms with Crippen LogP contribution in [0.4, 0.5) is 0 Å². The number of carboxylic acid groups (broad SMARTS) is 5. The van der Waals surface area contributed by atoms with E-state index in [0.29, 0.717) is 32.3 Å². The lowest BCUT2D eigenvalue weighted by molar-refractivity contribution is -0.140. The van der Waals surface area contributed by atoms with Crippen LogP contribution in [0.25, 0.3) is 0 Å². The summed E-state index contributed by atoms with van der Waals surface area (Å²) in [4.78, 5) is 197. The maximum atomic E-state index is 13.8. The minimum Gasteiger partial charge on any atom is -0.481 e. The number of rotatable bonds is 51. The quantitative estimate of drug-likeness (QED) is 0.0214. The van der Waals surface area contributed by atoms with E-state index in [-0.39, 0.29) is 56.9 Å². The molecule has 0 fully saturated rings. The number of amides is 8. The summed E-state index contributed by atoms with van der Waals surface area (Å²) in [5.41, 5.74) is -1.07. The van der Waals surface area contributed by atoms with Crippen molar-refractivity contribution < 1.29 is 92.7 Å². The minimum absolute atomic E-state index is 0.0250. The van der Waals surface area contributed by atoms with E-state index in [1.165, 1.54) is 0 Å².